The highest BCUT2D eigenvalue weighted by molar-refractivity contribution is 7.89. The van der Waals surface area contributed by atoms with Crippen LogP contribution in [0.5, 0.6) is 0 Å². The first-order valence-corrected chi connectivity index (χ1v) is 11.5. The summed E-state index contributed by atoms with van der Waals surface area (Å²) in [5.41, 5.74) is -1.27. The summed E-state index contributed by atoms with van der Waals surface area (Å²) in [6, 6.07) is 1.11. The van der Waals surface area contributed by atoms with Crippen LogP contribution in [0.1, 0.15) is 19.3 Å². The van der Waals surface area contributed by atoms with Crippen LogP contribution in [0.2, 0.25) is 0 Å². The zero-order chi connectivity index (χ0) is 21.7. The van der Waals surface area contributed by atoms with Crippen molar-refractivity contribution in [1.29, 1.82) is 0 Å². The largest absolute Gasteiger partial charge is 0.379 e. The van der Waals surface area contributed by atoms with E-state index >= 15 is 0 Å². The number of pyridine rings is 1. The Balaban J connectivity index is 1.45. The Morgan fingerprint density at radius 1 is 1.37 bits per heavy atom. The third kappa shape index (κ3) is 3.80. The van der Waals surface area contributed by atoms with Crippen LogP contribution in [0.15, 0.2) is 17.2 Å². The summed E-state index contributed by atoms with van der Waals surface area (Å²) in [7, 11) is -0.187. The van der Waals surface area contributed by atoms with Crippen molar-refractivity contribution >= 4 is 15.8 Å². The van der Waals surface area contributed by atoms with Gasteiger partial charge in [-0.1, -0.05) is 0 Å². The number of ether oxygens (including phenoxy) is 1. The Labute approximate surface area is 174 Å². The van der Waals surface area contributed by atoms with E-state index in [4.69, 9.17) is 4.74 Å². The molecule has 0 aromatic carbocycles. The predicted octanol–water partition coefficient (Wildman–Crippen LogP) is 2.02. The molecule has 3 fully saturated rings. The lowest BCUT2D eigenvalue weighted by Gasteiger charge is -2.32. The molecule has 1 unspecified atom stereocenters. The number of alkyl halides is 2. The highest BCUT2D eigenvalue weighted by atomic mass is 32.2. The lowest BCUT2D eigenvalue weighted by molar-refractivity contribution is 0.0411. The van der Waals surface area contributed by atoms with Crippen LogP contribution in [0.25, 0.3) is 0 Å². The van der Waals surface area contributed by atoms with E-state index < -0.39 is 27.2 Å². The smallest absolute Gasteiger partial charge is 0.255 e. The second kappa shape index (κ2) is 7.61. The summed E-state index contributed by atoms with van der Waals surface area (Å²) in [6.45, 7) is 1.49. The lowest BCUT2D eigenvalue weighted by atomic mass is 9.96. The molecule has 11 heteroatoms. The van der Waals surface area contributed by atoms with Gasteiger partial charge in [0.1, 0.15) is 4.90 Å². The summed E-state index contributed by atoms with van der Waals surface area (Å²) in [5, 5.41) is 2.93. The first-order valence-electron chi connectivity index (χ1n) is 10.1. The maximum Gasteiger partial charge on any atom is 0.255 e. The number of piperidine rings is 1. The van der Waals surface area contributed by atoms with Crippen molar-refractivity contribution in [1.82, 2.24) is 14.2 Å². The van der Waals surface area contributed by atoms with Crippen molar-refractivity contribution in [3.63, 3.8) is 0 Å². The van der Waals surface area contributed by atoms with Crippen LogP contribution in [0.3, 0.4) is 0 Å². The maximum atomic E-state index is 14.6. The minimum atomic E-state index is -4.09. The molecule has 1 aromatic rings. The van der Waals surface area contributed by atoms with Gasteiger partial charge in [0.15, 0.2) is 11.6 Å². The minimum absolute atomic E-state index is 0.0396. The average molecular weight is 449 g/mol. The number of rotatable bonds is 6. The highest BCUT2D eigenvalue weighted by Crippen LogP contribution is 2.64. The second-order valence-corrected chi connectivity index (χ2v) is 10.8. The summed E-state index contributed by atoms with van der Waals surface area (Å²) < 4.78 is 74.4. The highest BCUT2D eigenvalue weighted by Gasteiger charge is 2.71. The van der Waals surface area contributed by atoms with Gasteiger partial charge in [0, 0.05) is 44.2 Å². The van der Waals surface area contributed by atoms with Gasteiger partial charge >= 0.3 is 0 Å². The number of sulfonamides is 1. The van der Waals surface area contributed by atoms with Crippen molar-refractivity contribution in [2.45, 2.75) is 36.1 Å². The first-order chi connectivity index (χ1) is 14.1. The van der Waals surface area contributed by atoms with Crippen LogP contribution in [0, 0.1) is 17.2 Å². The predicted molar refractivity (Wildman–Crippen MR) is 104 cm³/mol. The van der Waals surface area contributed by atoms with E-state index in [1.807, 2.05) is 19.0 Å². The monoisotopic (exact) mass is 448 g/mol. The molecule has 7 nitrogen and oxygen atoms in total. The van der Waals surface area contributed by atoms with Crippen LogP contribution < -0.4 is 5.32 Å². The van der Waals surface area contributed by atoms with Gasteiger partial charge < -0.3 is 15.0 Å². The van der Waals surface area contributed by atoms with Gasteiger partial charge in [-0.25, -0.2) is 26.6 Å². The Morgan fingerprint density at radius 2 is 2.10 bits per heavy atom. The first kappa shape index (κ1) is 21.8. The molecule has 3 heterocycles. The van der Waals surface area contributed by atoms with E-state index in [1.54, 1.807) is 0 Å². The third-order valence-corrected chi connectivity index (χ3v) is 8.38. The van der Waals surface area contributed by atoms with Gasteiger partial charge in [-0.15, -0.1) is 0 Å². The second-order valence-electron chi connectivity index (χ2n) is 8.81. The SMILES string of the molecule is CN(C)[C@@H]1COC[C@H]1CNc1ncc(S(=O)(=O)N2CCCC3(C2)CC3(F)F)cc1F. The fourth-order valence-electron chi connectivity index (χ4n) is 4.54. The number of nitrogens with one attached hydrogen (secondary N) is 1. The van der Waals surface area contributed by atoms with Gasteiger partial charge in [-0.3, -0.25) is 0 Å². The Bertz CT molecular complexity index is 914. The fourth-order valence-corrected chi connectivity index (χ4v) is 6.06. The Kier molecular flexibility index (Phi) is 5.53. The van der Waals surface area contributed by atoms with Crippen molar-refractivity contribution in [2.24, 2.45) is 11.3 Å². The molecule has 2 saturated heterocycles. The number of hydrogen-bond acceptors (Lipinski definition) is 6. The van der Waals surface area contributed by atoms with Gasteiger partial charge in [0.25, 0.3) is 5.92 Å². The van der Waals surface area contributed by atoms with E-state index in [2.05, 4.69) is 10.3 Å². The molecule has 0 radical (unpaired) electrons. The zero-order valence-corrected chi connectivity index (χ0v) is 17.9. The van der Waals surface area contributed by atoms with E-state index in [0.717, 1.165) is 16.6 Å². The number of halogens is 3. The average Bonchev–Trinajstić information content (AvgIpc) is 3.03. The van der Waals surface area contributed by atoms with Crippen molar-refractivity contribution in [2.75, 3.05) is 52.3 Å². The van der Waals surface area contributed by atoms with Crippen LogP contribution in [-0.4, -0.2) is 81.5 Å². The molecular weight excluding hydrogens is 421 g/mol. The van der Waals surface area contributed by atoms with Gasteiger partial charge in [0.2, 0.25) is 10.0 Å². The molecule has 1 N–H and O–H groups in total. The molecule has 1 saturated carbocycles. The number of anilines is 1. The summed E-state index contributed by atoms with van der Waals surface area (Å²) >= 11 is 0. The van der Waals surface area contributed by atoms with Crippen molar-refractivity contribution < 1.29 is 26.3 Å². The normalized spacial score (nSPS) is 31.4. The molecule has 1 aromatic heterocycles. The quantitative estimate of drug-likeness (QED) is 0.718. The molecule has 1 aliphatic carbocycles. The van der Waals surface area contributed by atoms with E-state index in [0.29, 0.717) is 32.6 Å². The maximum absolute atomic E-state index is 14.6. The molecule has 3 atom stereocenters. The third-order valence-electron chi connectivity index (χ3n) is 6.57. The molecule has 30 heavy (non-hydrogen) atoms. The molecule has 0 bridgehead atoms. The minimum Gasteiger partial charge on any atom is -0.379 e. The van der Waals surface area contributed by atoms with Crippen molar-refractivity contribution in [3.05, 3.63) is 18.1 Å². The number of nitrogens with zero attached hydrogens (tertiary/aromatic N) is 3. The van der Waals surface area contributed by atoms with Crippen LogP contribution in [-0.2, 0) is 14.8 Å². The number of hydrogen-bond donors (Lipinski definition) is 1. The summed E-state index contributed by atoms with van der Waals surface area (Å²) in [4.78, 5) is 5.69. The van der Waals surface area contributed by atoms with Gasteiger partial charge in [0.05, 0.1) is 18.6 Å². The molecule has 2 aliphatic heterocycles. The zero-order valence-electron chi connectivity index (χ0n) is 17.1. The molecule has 4 rings (SSSR count). The summed E-state index contributed by atoms with van der Waals surface area (Å²) in [6.07, 6.45) is 1.46. The van der Waals surface area contributed by atoms with Crippen LogP contribution in [0.4, 0.5) is 19.0 Å². The number of aromatic nitrogens is 1. The Hall–Kier alpha value is -1.43. The molecular formula is C19H27F3N4O3S. The molecule has 0 amide bonds. The molecule has 168 valence electrons. The standard InChI is InChI=1S/C19H27F3N4O3S/c1-25(2)16-10-29-9-13(16)7-23-17-15(20)6-14(8-24-17)30(27,28)26-5-3-4-18(12-26)11-19(18,21)22/h6,8,13,16H,3-5,7,9-12H2,1-2H3,(H,23,24)/t13-,16-,18?/m1/s1. The van der Waals surface area contributed by atoms with Crippen LogP contribution >= 0.6 is 0 Å². The number of likely N-dealkylation sites (N-methyl/N-ethyl adjacent to an activating group) is 1. The van der Waals surface area contributed by atoms with E-state index in [1.165, 1.54) is 0 Å². The molecule has 1 spiro atoms. The Morgan fingerprint density at radius 3 is 2.73 bits per heavy atom. The van der Waals surface area contributed by atoms with E-state index in [9.17, 15) is 21.6 Å². The molecule has 3 aliphatic rings. The van der Waals surface area contributed by atoms with Crippen molar-refractivity contribution in [3.8, 4) is 0 Å². The van der Waals surface area contributed by atoms with E-state index in [-0.39, 0.29) is 42.2 Å². The van der Waals surface area contributed by atoms with Gasteiger partial charge in [-0.05, 0) is 33.0 Å². The lowest BCUT2D eigenvalue weighted by Crippen LogP contribution is -2.42. The topological polar surface area (TPSA) is 74.8 Å². The fraction of sp³-hybridized carbons (Fsp3) is 0.737. The van der Waals surface area contributed by atoms with Gasteiger partial charge in [-0.2, -0.15) is 4.31 Å². The summed E-state index contributed by atoms with van der Waals surface area (Å²) in [5.74, 6) is -3.51.